The van der Waals surface area contributed by atoms with Crippen LogP contribution in [0.5, 0.6) is 0 Å². The molecule has 2 N–H and O–H groups in total. The van der Waals surface area contributed by atoms with Gasteiger partial charge in [-0.15, -0.1) is 6.58 Å². The average Bonchev–Trinajstić information content (AvgIpc) is 2.10. The SMILES string of the molecule is C=CC(N)c1cc(Cl)c(C)cc1Br. The number of hydrogen-bond acceptors (Lipinski definition) is 1. The van der Waals surface area contributed by atoms with Crippen LogP contribution < -0.4 is 5.73 Å². The summed E-state index contributed by atoms with van der Waals surface area (Å²) in [5.41, 5.74) is 7.81. The molecule has 1 unspecified atom stereocenters. The van der Waals surface area contributed by atoms with Crippen molar-refractivity contribution < 1.29 is 0 Å². The Bertz CT molecular complexity index is 336. The van der Waals surface area contributed by atoms with E-state index in [2.05, 4.69) is 22.5 Å². The average molecular weight is 261 g/mol. The van der Waals surface area contributed by atoms with Crippen molar-refractivity contribution in [2.75, 3.05) is 0 Å². The van der Waals surface area contributed by atoms with E-state index in [0.717, 1.165) is 20.6 Å². The van der Waals surface area contributed by atoms with Crippen LogP contribution in [0.4, 0.5) is 0 Å². The van der Waals surface area contributed by atoms with Gasteiger partial charge in [0.05, 0.1) is 0 Å². The summed E-state index contributed by atoms with van der Waals surface area (Å²) in [5.74, 6) is 0. The summed E-state index contributed by atoms with van der Waals surface area (Å²) >= 11 is 9.41. The van der Waals surface area contributed by atoms with E-state index in [1.165, 1.54) is 0 Å². The molecule has 1 aromatic carbocycles. The van der Waals surface area contributed by atoms with Crippen LogP contribution in [0.2, 0.25) is 5.02 Å². The molecule has 1 aromatic rings. The molecule has 0 aromatic heterocycles. The Labute approximate surface area is 91.7 Å². The summed E-state index contributed by atoms with van der Waals surface area (Å²) < 4.78 is 0.974. The third-order valence-corrected chi connectivity index (χ3v) is 2.98. The molecule has 0 radical (unpaired) electrons. The zero-order chi connectivity index (χ0) is 10.0. The lowest BCUT2D eigenvalue weighted by Crippen LogP contribution is -2.07. The van der Waals surface area contributed by atoms with Crippen molar-refractivity contribution in [3.63, 3.8) is 0 Å². The van der Waals surface area contributed by atoms with Crippen LogP contribution in [-0.2, 0) is 0 Å². The maximum atomic E-state index is 5.98. The van der Waals surface area contributed by atoms with Crippen molar-refractivity contribution in [3.8, 4) is 0 Å². The molecule has 0 saturated carbocycles. The van der Waals surface area contributed by atoms with Crippen LogP contribution in [0, 0.1) is 6.92 Å². The highest BCUT2D eigenvalue weighted by Crippen LogP contribution is 2.28. The van der Waals surface area contributed by atoms with Crippen LogP contribution in [0.25, 0.3) is 0 Å². The molecule has 0 aliphatic heterocycles. The second-order valence-corrected chi connectivity index (χ2v) is 4.15. The first-order chi connectivity index (χ1) is 6.06. The summed E-state index contributed by atoms with van der Waals surface area (Å²) in [6.07, 6.45) is 1.69. The van der Waals surface area contributed by atoms with E-state index in [0.29, 0.717) is 0 Å². The minimum absolute atomic E-state index is 0.174. The number of hydrogen-bond donors (Lipinski definition) is 1. The van der Waals surface area contributed by atoms with Gasteiger partial charge in [0.1, 0.15) is 0 Å². The third kappa shape index (κ3) is 2.33. The van der Waals surface area contributed by atoms with E-state index >= 15 is 0 Å². The fourth-order valence-electron chi connectivity index (χ4n) is 1.04. The maximum absolute atomic E-state index is 5.98. The molecule has 13 heavy (non-hydrogen) atoms. The Balaban J connectivity index is 3.22. The molecular formula is C10H11BrClN. The number of aryl methyl sites for hydroxylation is 1. The van der Waals surface area contributed by atoms with Crippen LogP contribution in [-0.4, -0.2) is 0 Å². The predicted octanol–water partition coefficient (Wildman–Crippen LogP) is 3.60. The van der Waals surface area contributed by atoms with Crippen molar-refractivity contribution in [1.82, 2.24) is 0 Å². The highest BCUT2D eigenvalue weighted by atomic mass is 79.9. The Kier molecular flexibility index (Phi) is 3.54. The van der Waals surface area contributed by atoms with E-state index in [1.807, 2.05) is 19.1 Å². The first kappa shape index (κ1) is 10.8. The van der Waals surface area contributed by atoms with Gasteiger partial charge in [0.2, 0.25) is 0 Å². The normalized spacial score (nSPS) is 12.6. The van der Waals surface area contributed by atoms with Gasteiger partial charge >= 0.3 is 0 Å². The molecule has 1 nitrogen and oxygen atoms in total. The molecule has 0 aliphatic rings. The molecule has 1 atom stereocenters. The van der Waals surface area contributed by atoms with Crippen LogP contribution in [0.15, 0.2) is 29.3 Å². The van der Waals surface area contributed by atoms with E-state index in [4.69, 9.17) is 17.3 Å². The first-order valence-corrected chi connectivity index (χ1v) is 5.07. The fourth-order valence-corrected chi connectivity index (χ4v) is 1.94. The zero-order valence-corrected chi connectivity index (χ0v) is 9.69. The van der Waals surface area contributed by atoms with Gasteiger partial charge in [-0.05, 0) is 30.2 Å². The van der Waals surface area contributed by atoms with Gasteiger partial charge < -0.3 is 5.73 Å². The van der Waals surface area contributed by atoms with Gasteiger partial charge in [-0.3, -0.25) is 0 Å². The molecule has 0 fully saturated rings. The molecule has 0 saturated heterocycles. The van der Waals surface area contributed by atoms with Gasteiger partial charge in [0.25, 0.3) is 0 Å². The molecule has 70 valence electrons. The lowest BCUT2D eigenvalue weighted by molar-refractivity contribution is 0.907. The molecule has 0 aliphatic carbocycles. The Hall–Kier alpha value is -0.310. The highest BCUT2D eigenvalue weighted by molar-refractivity contribution is 9.10. The standard InChI is InChI=1S/C10H11BrClN/c1-3-10(13)7-5-9(12)6(2)4-8(7)11/h3-5,10H,1,13H2,2H3. The van der Waals surface area contributed by atoms with Crippen molar-refractivity contribution in [2.45, 2.75) is 13.0 Å². The number of rotatable bonds is 2. The maximum Gasteiger partial charge on any atom is 0.0490 e. The number of nitrogens with two attached hydrogens (primary N) is 1. The lowest BCUT2D eigenvalue weighted by atomic mass is 10.1. The highest BCUT2D eigenvalue weighted by Gasteiger charge is 2.08. The first-order valence-electron chi connectivity index (χ1n) is 3.90. The quantitative estimate of drug-likeness (QED) is 0.808. The molecule has 0 amide bonds. The molecule has 0 spiro atoms. The van der Waals surface area contributed by atoms with Crippen molar-refractivity contribution >= 4 is 27.5 Å². The lowest BCUT2D eigenvalue weighted by Gasteiger charge is -2.11. The van der Waals surface area contributed by atoms with Gasteiger partial charge in [-0.1, -0.05) is 33.6 Å². The molecule has 0 heterocycles. The summed E-state index contributed by atoms with van der Waals surface area (Å²) in [5, 5.41) is 0.732. The van der Waals surface area contributed by atoms with Gasteiger partial charge in [0, 0.05) is 15.5 Å². The zero-order valence-electron chi connectivity index (χ0n) is 7.35. The van der Waals surface area contributed by atoms with Crippen LogP contribution >= 0.6 is 27.5 Å². The van der Waals surface area contributed by atoms with Crippen molar-refractivity contribution in [1.29, 1.82) is 0 Å². The van der Waals surface area contributed by atoms with Gasteiger partial charge in [0.15, 0.2) is 0 Å². The topological polar surface area (TPSA) is 26.0 Å². The summed E-state index contributed by atoms with van der Waals surface area (Å²) in [7, 11) is 0. The van der Waals surface area contributed by atoms with E-state index in [-0.39, 0.29) is 6.04 Å². The molecule has 0 bridgehead atoms. The Morgan fingerprint density at radius 1 is 1.62 bits per heavy atom. The summed E-state index contributed by atoms with van der Waals surface area (Å²) in [4.78, 5) is 0. The predicted molar refractivity (Wildman–Crippen MR) is 61.0 cm³/mol. The Morgan fingerprint density at radius 2 is 2.23 bits per heavy atom. The van der Waals surface area contributed by atoms with Gasteiger partial charge in [-0.25, -0.2) is 0 Å². The summed E-state index contributed by atoms with van der Waals surface area (Å²) in [6.45, 7) is 5.60. The van der Waals surface area contributed by atoms with Gasteiger partial charge in [-0.2, -0.15) is 0 Å². The van der Waals surface area contributed by atoms with Crippen molar-refractivity contribution in [3.05, 3.63) is 45.4 Å². The molecule has 3 heteroatoms. The van der Waals surface area contributed by atoms with Crippen molar-refractivity contribution in [2.24, 2.45) is 5.73 Å². The number of benzene rings is 1. The summed E-state index contributed by atoms with van der Waals surface area (Å²) in [6, 6.07) is 3.65. The second kappa shape index (κ2) is 4.27. The molecular weight excluding hydrogens is 249 g/mol. The minimum Gasteiger partial charge on any atom is -0.321 e. The minimum atomic E-state index is -0.174. The van der Waals surface area contributed by atoms with Crippen LogP contribution in [0.3, 0.4) is 0 Å². The largest absolute Gasteiger partial charge is 0.321 e. The monoisotopic (exact) mass is 259 g/mol. The van der Waals surface area contributed by atoms with E-state index in [1.54, 1.807) is 6.08 Å². The second-order valence-electron chi connectivity index (χ2n) is 2.88. The Morgan fingerprint density at radius 3 is 2.77 bits per heavy atom. The van der Waals surface area contributed by atoms with E-state index < -0.39 is 0 Å². The molecule has 1 rings (SSSR count). The third-order valence-electron chi connectivity index (χ3n) is 1.89. The van der Waals surface area contributed by atoms with E-state index in [9.17, 15) is 0 Å². The fraction of sp³-hybridized carbons (Fsp3) is 0.200. The van der Waals surface area contributed by atoms with Crippen LogP contribution in [0.1, 0.15) is 17.2 Å². The smallest absolute Gasteiger partial charge is 0.0490 e. The number of halogens is 2.